The number of piperazine rings is 1. The Kier molecular flexibility index (Phi) is 7.13. The molecule has 2 saturated heterocycles. The lowest BCUT2D eigenvalue weighted by molar-refractivity contribution is -0.147. The van der Waals surface area contributed by atoms with Gasteiger partial charge >= 0.3 is 5.69 Å². The number of fused-ring (bicyclic) bond motifs is 1. The first-order chi connectivity index (χ1) is 17.4. The molecule has 36 heavy (non-hydrogen) atoms. The molecular formula is C26H34N4O6. The number of hydrogen-bond acceptors (Lipinski definition) is 6. The Labute approximate surface area is 209 Å². The first kappa shape index (κ1) is 24.5. The van der Waals surface area contributed by atoms with Crippen molar-refractivity contribution in [3.8, 4) is 5.75 Å². The first-order valence-corrected chi connectivity index (χ1v) is 12.9. The van der Waals surface area contributed by atoms with Crippen LogP contribution in [0.2, 0.25) is 0 Å². The van der Waals surface area contributed by atoms with Gasteiger partial charge in [0.2, 0.25) is 5.91 Å². The molecule has 1 atom stereocenters. The van der Waals surface area contributed by atoms with Gasteiger partial charge in [0.25, 0.3) is 11.5 Å². The molecule has 10 nitrogen and oxygen atoms in total. The largest absolute Gasteiger partial charge is 0.497 e. The van der Waals surface area contributed by atoms with Crippen LogP contribution in [0.5, 0.6) is 5.75 Å². The average molecular weight is 499 g/mol. The lowest BCUT2D eigenvalue weighted by atomic mass is 9.81. The molecule has 1 N–H and O–H groups in total. The van der Waals surface area contributed by atoms with Crippen LogP contribution in [-0.4, -0.2) is 77.2 Å². The number of H-pyrrole nitrogens is 1. The highest BCUT2D eigenvalue weighted by molar-refractivity contribution is 5.82. The third-order valence-electron chi connectivity index (χ3n) is 7.93. The van der Waals surface area contributed by atoms with Crippen LogP contribution in [0.15, 0.2) is 27.8 Å². The highest BCUT2D eigenvalue weighted by Crippen LogP contribution is 2.31. The minimum Gasteiger partial charge on any atom is -0.497 e. The SMILES string of the molecule is COc1ccc2[nH]c(=O)n(C[C@H]3CC[C@H](C(=O)N4CCN(C(=O)[C@@H]5CCCO5)CC4)CC3)c(=O)c2c1. The number of carbonyl (C=O) groups is 2. The number of hydrogen-bond donors (Lipinski definition) is 1. The number of nitrogens with one attached hydrogen (secondary N) is 1. The Morgan fingerprint density at radius 1 is 1.00 bits per heavy atom. The van der Waals surface area contributed by atoms with E-state index >= 15 is 0 Å². The number of carbonyl (C=O) groups excluding carboxylic acids is 2. The predicted molar refractivity (Wildman–Crippen MR) is 133 cm³/mol. The summed E-state index contributed by atoms with van der Waals surface area (Å²) in [5.74, 6) is 0.895. The molecule has 1 aromatic carbocycles. The lowest BCUT2D eigenvalue weighted by Gasteiger charge is -2.38. The maximum Gasteiger partial charge on any atom is 0.328 e. The van der Waals surface area contributed by atoms with Crippen molar-refractivity contribution in [3.63, 3.8) is 0 Å². The van der Waals surface area contributed by atoms with E-state index in [0.717, 1.165) is 38.5 Å². The van der Waals surface area contributed by atoms with Gasteiger partial charge < -0.3 is 24.3 Å². The Balaban J connectivity index is 1.15. The average Bonchev–Trinajstić information content (AvgIpc) is 3.46. The van der Waals surface area contributed by atoms with Crippen molar-refractivity contribution in [2.45, 2.75) is 51.2 Å². The monoisotopic (exact) mass is 498 g/mol. The minimum atomic E-state index is -0.411. The van der Waals surface area contributed by atoms with Gasteiger partial charge in [0.15, 0.2) is 0 Å². The Bertz CT molecular complexity index is 1230. The van der Waals surface area contributed by atoms with Crippen LogP contribution in [0.25, 0.3) is 10.9 Å². The number of rotatable bonds is 5. The Morgan fingerprint density at radius 2 is 1.69 bits per heavy atom. The summed E-state index contributed by atoms with van der Waals surface area (Å²) in [5.41, 5.74) is -0.235. The summed E-state index contributed by atoms with van der Waals surface area (Å²) in [5, 5.41) is 0.426. The Morgan fingerprint density at radius 3 is 2.33 bits per heavy atom. The molecule has 1 aromatic heterocycles. The van der Waals surface area contributed by atoms with Gasteiger partial charge in [0, 0.05) is 45.2 Å². The van der Waals surface area contributed by atoms with Crippen molar-refractivity contribution in [1.82, 2.24) is 19.4 Å². The second kappa shape index (κ2) is 10.5. The number of aromatic amines is 1. The molecule has 10 heteroatoms. The molecule has 0 spiro atoms. The molecule has 3 aliphatic rings. The fourth-order valence-corrected chi connectivity index (χ4v) is 5.75. The summed E-state index contributed by atoms with van der Waals surface area (Å²) < 4.78 is 12.0. The van der Waals surface area contributed by atoms with Crippen LogP contribution in [0.4, 0.5) is 0 Å². The molecule has 0 radical (unpaired) electrons. The molecular weight excluding hydrogens is 464 g/mol. The van der Waals surface area contributed by atoms with E-state index in [1.165, 1.54) is 11.7 Å². The molecule has 0 bridgehead atoms. The van der Waals surface area contributed by atoms with Gasteiger partial charge in [-0.3, -0.25) is 19.0 Å². The van der Waals surface area contributed by atoms with Gasteiger partial charge in [-0.05, 0) is 62.6 Å². The number of benzene rings is 1. The number of nitrogens with zero attached hydrogens (tertiary/aromatic N) is 3. The number of amides is 2. The molecule has 2 amide bonds. The smallest absolute Gasteiger partial charge is 0.328 e. The van der Waals surface area contributed by atoms with Crippen molar-refractivity contribution in [2.24, 2.45) is 11.8 Å². The normalized spacial score (nSPS) is 24.8. The van der Waals surface area contributed by atoms with Crippen molar-refractivity contribution in [2.75, 3.05) is 39.9 Å². The van der Waals surface area contributed by atoms with E-state index < -0.39 is 5.69 Å². The van der Waals surface area contributed by atoms with Crippen molar-refractivity contribution < 1.29 is 19.1 Å². The van der Waals surface area contributed by atoms with Crippen LogP contribution >= 0.6 is 0 Å². The van der Waals surface area contributed by atoms with Gasteiger partial charge in [-0.25, -0.2) is 4.79 Å². The maximum atomic E-state index is 13.1. The topological polar surface area (TPSA) is 114 Å². The van der Waals surface area contributed by atoms with Crippen LogP contribution in [0.3, 0.4) is 0 Å². The lowest BCUT2D eigenvalue weighted by Crippen LogP contribution is -2.54. The van der Waals surface area contributed by atoms with E-state index in [4.69, 9.17) is 9.47 Å². The molecule has 194 valence electrons. The van der Waals surface area contributed by atoms with E-state index in [-0.39, 0.29) is 35.3 Å². The summed E-state index contributed by atoms with van der Waals surface area (Å²) in [4.78, 5) is 57.8. The Hall–Kier alpha value is -3.14. The second-order valence-corrected chi connectivity index (χ2v) is 10.1. The summed E-state index contributed by atoms with van der Waals surface area (Å²) in [6.45, 7) is 3.21. The van der Waals surface area contributed by atoms with Crippen molar-refractivity contribution in [3.05, 3.63) is 39.0 Å². The molecule has 0 unspecified atom stereocenters. The zero-order chi connectivity index (χ0) is 25.2. The second-order valence-electron chi connectivity index (χ2n) is 10.1. The van der Waals surface area contributed by atoms with Gasteiger partial charge in [0.05, 0.1) is 18.0 Å². The summed E-state index contributed by atoms with van der Waals surface area (Å²) >= 11 is 0. The standard InChI is InChI=1S/C26H34N4O6/c1-35-19-8-9-21-20(15-19)24(32)30(26(34)27-21)16-17-4-6-18(7-5-17)23(31)28-10-12-29(13-11-28)25(33)22-3-2-14-36-22/h8-9,15,17-18,22H,2-7,10-14,16H2,1H3,(H,27,34)/t17-,18-,22-/m0/s1. The van der Waals surface area contributed by atoms with Gasteiger partial charge in [-0.1, -0.05) is 0 Å². The van der Waals surface area contributed by atoms with Crippen molar-refractivity contribution >= 4 is 22.7 Å². The van der Waals surface area contributed by atoms with E-state index in [1.54, 1.807) is 18.2 Å². The van der Waals surface area contributed by atoms with Crippen molar-refractivity contribution in [1.29, 1.82) is 0 Å². The molecule has 3 fully saturated rings. The van der Waals surface area contributed by atoms with E-state index in [9.17, 15) is 19.2 Å². The third-order valence-corrected chi connectivity index (χ3v) is 7.93. The van der Waals surface area contributed by atoms with Crippen LogP contribution in [0, 0.1) is 11.8 Å². The quantitative estimate of drug-likeness (QED) is 0.666. The first-order valence-electron chi connectivity index (χ1n) is 12.9. The molecule has 1 saturated carbocycles. The predicted octanol–water partition coefficient (Wildman–Crippen LogP) is 1.35. The molecule has 1 aliphatic carbocycles. The third kappa shape index (κ3) is 4.91. The van der Waals surface area contributed by atoms with E-state index in [1.807, 2.05) is 9.80 Å². The zero-order valence-electron chi connectivity index (χ0n) is 20.7. The summed E-state index contributed by atoms with van der Waals surface area (Å²) in [6, 6.07) is 5.03. The summed E-state index contributed by atoms with van der Waals surface area (Å²) in [7, 11) is 1.54. The maximum absolute atomic E-state index is 13.1. The zero-order valence-corrected chi connectivity index (χ0v) is 20.7. The molecule has 3 heterocycles. The van der Waals surface area contributed by atoms with E-state index in [2.05, 4.69) is 4.98 Å². The molecule has 2 aromatic rings. The molecule has 5 rings (SSSR count). The summed E-state index contributed by atoms with van der Waals surface area (Å²) in [6.07, 6.45) is 4.46. The van der Waals surface area contributed by atoms with E-state index in [0.29, 0.717) is 56.0 Å². The number of ether oxygens (including phenoxy) is 2. The highest BCUT2D eigenvalue weighted by Gasteiger charge is 2.34. The number of aromatic nitrogens is 2. The number of methoxy groups -OCH3 is 1. The highest BCUT2D eigenvalue weighted by atomic mass is 16.5. The van der Waals surface area contributed by atoms with Gasteiger partial charge in [-0.15, -0.1) is 0 Å². The van der Waals surface area contributed by atoms with Gasteiger partial charge in [-0.2, -0.15) is 0 Å². The fraction of sp³-hybridized carbons (Fsp3) is 0.615. The minimum absolute atomic E-state index is 0.0439. The van der Waals surface area contributed by atoms with Crippen LogP contribution < -0.4 is 16.0 Å². The van der Waals surface area contributed by atoms with Gasteiger partial charge in [0.1, 0.15) is 11.9 Å². The van der Waals surface area contributed by atoms with Crippen LogP contribution in [0.1, 0.15) is 38.5 Å². The molecule has 2 aliphatic heterocycles. The van der Waals surface area contributed by atoms with Crippen LogP contribution in [-0.2, 0) is 20.9 Å². The fourth-order valence-electron chi connectivity index (χ4n) is 5.75.